The summed E-state index contributed by atoms with van der Waals surface area (Å²) in [4.78, 5) is 11.6. The van der Waals surface area contributed by atoms with Crippen LogP contribution in [0.4, 0.5) is 5.69 Å². The highest BCUT2D eigenvalue weighted by atomic mass is 16.5. The standard InChI is InChI=1S/C17H24N2O2/c1-17(2,13-18)11-3-4-12-21-16(20)10-7-14-5-8-15(19)9-6-14/h5-6,8-9H,3-4,7,10-12,19H2,1-2H3. The number of hydrogen-bond donors (Lipinski definition) is 1. The van der Waals surface area contributed by atoms with E-state index in [-0.39, 0.29) is 11.4 Å². The van der Waals surface area contributed by atoms with Crippen LogP contribution in [0.15, 0.2) is 24.3 Å². The van der Waals surface area contributed by atoms with Crippen molar-refractivity contribution in [2.75, 3.05) is 12.3 Å². The molecule has 0 heterocycles. The highest BCUT2D eigenvalue weighted by Crippen LogP contribution is 2.21. The van der Waals surface area contributed by atoms with E-state index in [1.807, 2.05) is 38.1 Å². The molecule has 114 valence electrons. The van der Waals surface area contributed by atoms with E-state index in [0.29, 0.717) is 19.4 Å². The van der Waals surface area contributed by atoms with Gasteiger partial charge in [-0.1, -0.05) is 12.1 Å². The van der Waals surface area contributed by atoms with Crippen LogP contribution in [0, 0.1) is 16.7 Å². The molecular formula is C17H24N2O2. The third-order valence-electron chi connectivity index (χ3n) is 3.36. The van der Waals surface area contributed by atoms with Crippen LogP contribution >= 0.6 is 0 Å². The smallest absolute Gasteiger partial charge is 0.306 e. The highest BCUT2D eigenvalue weighted by molar-refractivity contribution is 5.69. The summed E-state index contributed by atoms with van der Waals surface area (Å²) >= 11 is 0. The average Bonchev–Trinajstić information content (AvgIpc) is 2.46. The Hall–Kier alpha value is -2.02. The van der Waals surface area contributed by atoms with Crippen LogP contribution in [-0.4, -0.2) is 12.6 Å². The van der Waals surface area contributed by atoms with E-state index in [1.54, 1.807) is 0 Å². The second-order valence-corrected chi connectivity index (χ2v) is 5.91. The molecule has 0 saturated carbocycles. The van der Waals surface area contributed by atoms with Gasteiger partial charge in [0.05, 0.1) is 18.1 Å². The minimum atomic E-state index is -0.292. The van der Waals surface area contributed by atoms with Crippen LogP contribution in [0.25, 0.3) is 0 Å². The number of nitrogen functional groups attached to an aromatic ring is 1. The van der Waals surface area contributed by atoms with Crippen LogP contribution in [-0.2, 0) is 16.0 Å². The number of nitrogens with two attached hydrogens (primary N) is 1. The van der Waals surface area contributed by atoms with E-state index >= 15 is 0 Å². The molecule has 0 saturated heterocycles. The summed E-state index contributed by atoms with van der Waals surface area (Å²) in [5.74, 6) is -0.175. The zero-order chi connectivity index (χ0) is 15.7. The Morgan fingerprint density at radius 2 is 1.95 bits per heavy atom. The zero-order valence-corrected chi connectivity index (χ0v) is 12.9. The van der Waals surface area contributed by atoms with Crippen LogP contribution in [0.3, 0.4) is 0 Å². The molecule has 4 heteroatoms. The normalized spacial score (nSPS) is 10.9. The van der Waals surface area contributed by atoms with Gasteiger partial charge in [-0.25, -0.2) is 0 Å². The molecule has 1 aromatic carbocycles. The number of hydrogen-bond acceptors (Lipinski definition) is 4. The summed E-state index contributed by atoms with van der Waals surface area (Å²) < 4.78 is 5.19. The predicted octanol–water partition coefficient (Wildman–Crippen LogP) is 3.46. The fourth-order valence-corrected chi connectivity index (χ4v) is 1.91. The third-order valence-corrected chi connectivity index (χ3v) is 3.36. The molecule has 4 nitrogen and oxygen atoms in total. The number of nitriles is 1. The lowest BCUT2D eigenvalue weighted by Crippen LogP contribution is -2.10. The first-order valence-electron chi connectivity index (χ1n) is 7.34. The van der Waals surface area contributed by atoms with Crippen molar-refractivity contribution in [1.82, 2.24) is 0 Å². The summed E-state index contributed by atoms with van der Waals surface area (Å²) in [7, 11) is 0. The van der Waals surface area contributed by atoms with E-state index in [0.717, 1.165) is 30.5 Å². The Labute approximate surface area is 126 Å². The first kappa shape index (κ1) is 17.0. The van der Waals surface area contributed by atoms with Crippen molar-refractivity contribution in [2.24, 2.45) is 5.41 Å². The van der Waals surface area contributed by atoms with E-state index in [4.69, 9.17) is 15.7 Å². The molecule has 0 aliphatic rings. The number of esters is 1. The fraction of sp³-hybridized carbons (Fsp3) is 0.529. The SMILES string of the molecule is CC(C)(C#N)CCCCOC(=O)CCc1ccc(N)cc1. The number of carbonyl (C=O) groups excluding carboxylic acids is 1. The fourth-order valence-electron chi connectivity index (χ4n) is 1.91. The molecule has 0 bridgehead atoms. The van der Waals surface area contributed by atoms with Gasteiger partial charge < -0.3 is 10.5 Å². The molecule has 0 amide bonds. The highest BCUT2D eigenvalue weighted by Gasteiger charge is 2.15. The number of carbonyl (C=O) groups is 1. The number of anilines is 1. The Bertz CT molecular complexity index is 487. The van der Waals surface area contributed by atoms with Crippen molar-refractivity contribution in [3.8, 4) is 6.07 Å². The summed E-state index contributed by atoms with van der Waals surface area (Å²) in [5.41, 5.74) is 7.12. The van der Waals surface area contributed by atoms with Gasteiger partial charge >= 0.3 is 5.97 Å². The second kappa shape index (κ2) is 8.31. The molecule has 2 N–H and O–H groups in total. The summed E-state index contributed by atoms with van der Waals surface area (Å²) in [5, 5.41) is 8.89. The maximum absolute atomic E-state index is 11.6. The van der Waals surface area contributed by atoms with Gasteiger partial charge in [-0.15, -0.1) is 0 Å². The maximum Gasteiger partial charge on any atom is 0.306 e. The van der Waals surface area contributed by atoms with Crippen LogP contribution in [0.1, 0.15) is 45.1 Å². The Morgan fingerprint density at radius 1 is 1.29 bits per heavy atom. The molecule has 0 unspecified atom stereocenters. The molecule has 0 fully saturated rings. The third kappa shape index (κ3) is 7.36. The first-order valence-corrected chi connectivity index (χ1v) is 7.34. The minimum absolute atomic E-state index is 0.175. The van der Waals surface area contributed by atoms with Crippen LogP contribution in [0.5, 0.6) is 0 Å². The summed E-state index contributed by atoms with van der Waals surface area (Å²) in [6.07, 6.45) is 3.57. The Morgan fingerprint density at radius 3 is 2.57 bits per heavy atom. The first-order chi connectivity index (χ1) is 9.93. The van der Waals surface area contributed by atoms with Crippen molar-refractivity contribution in [3.05, 3.63) is 29.8 Å². The topological polar surface area (TPSA) is 76.1 Å². The molecule has 1 rings (SSSR count). The van der Waals surface area contributed by atoms with Crippen molar-refractivity contribution in [1.29, 1.82) is 5.26 Å². The number of ether oxygens (including phenoxy) is 1. The molecular weight excluding hydrogens is 264 g/mol. The molecule has 1 aromatic rings. The summed E-state index contributed by atoms with van der Waals surface area (Å²) in [6.45, 7) is 4.28. The van der Waals surface area contributed by atoms with Crippen molar-refractivity contribution < 1.29 is 9.53 Å². The van der Waals surface area contributed by atoms with E-state index < -0.39 is 0 Å². The minimum Gasteiger partial charge on any atom is -0.466 e. The number of rotatable bonds is 8. The maximum atomic E-state index is 11.6. The van der Waals surface area contributed by atoms with Crippen molar-refractivity contribution in [2.45, 2.75) is 46.0 Å². The van der Waals surface area contributed by atoms with Gasteiger partial charge in [-0.05, 0) is 57.2 Å². The number of benzene rings is 1. The van der Waals surface area contributed by atoms with Crippen molar-refractivity contribution in [3.63, 3.8) is 0 Å². The number of aryl methyl sites for hydroxylation is 1. The molecule has 0 aliphatic heterocycles. The van der Waals surface area contributed by atoms with E-state index in [2.05, 4.69) is 6.07 Å². The Balaban J connectivity index is 2.12. The molecule has 0 radical (unpaired) electrons. The average molecular weight is 288 g/mol. The molecule has 21 heavy (non-hydrogen) atoms. The molecule has 0 atom stereocenters. The quantitative estimate of drug-likeness (QED) is 0.451. The van der Waals surface area contributed by atoms with E-state index in [1.165, 1.54) is 0 Å². The lowest BCUT2D eigenvalue weighted by molar-refractivity contribution is -0.143. The van der Waals surface area contributed by atoms with Gasteiger partial charge in [0.15, 0.2) is 0 Å². The Kier molecular flexibility index (Phi) is 6.74. The van der Waals surface area contributed by atoms with Gasteiger partial charge in [0, 0.05) is 12.1 Å². The van der Waals surface area contributed by atoms with Gasteiger partial charge in [-0.3, -0.25) is 4.79 Å². The van der Waals surface area contributed by atoms with Gasteiger partial charge in [0.25, 0.3) is 0 Å². The van der Waals surface area contributed by atoms with Crippen LogP contribution in [0.2, 0.25) is 0 Å². The lowest BCUT2D eigenvalue weighted by atomic mass is 9.89. The monoisotopic (exact) mass is 288 g/mol. The number of nitrogens with zero attached hydrogens (tertiary/aromatic N) is 1. The van der Waals surface area contributed by atoms with E-state index in [9.17, 15) is 4.79 Å². The molecule has 0 aliphatic carbocycles. The predicted molar refractivity (Wildman–Crippen MR) is 83.4 cm³/mol. The molecule has 0 spiro atoms. The van der Waals surface area contributed by atoms with Gasteiger partial charge in [0.2, 0.25) is 0 Å². The number of unbranched alkanes of at least 4 members (excludes halogenated alkanes) is 1. The van der Waals surface area contributed by atoms with Crippen LogP contribution < -0.4 is 5.73 Å². The van der Waals surface area contributed by atoms with Gasteiger partial charge in [-0.2, -0.15) is 5.26 Å². The van der Waals surface area contributed by atoms with Crippen molar-refractivity contribution >= 4 is 11.7 Å². The largest absolute Gasteiger partial charge is 0.466 e. The molecule has 0 aromatic heterocycles. The van der Waals surface area contributed by atoms with Gasteiger partial charge in [0.1, 0.15) is 0 Å². The lowest BCUT2D eigenvalue weighted by Gasteiger charge is -2.14. The second-order valence-electron chi connectivity index (χ2n) is 5.91. The summed E-state index contributed by atoms with van der Waals surface area (Å²) in [6, 6.07) is 9.78. The zero-order valence-electron chi connectivity index (χ0n) is 12.9.